The molecule has 4 nitrogen and oxygen atoms in total. The van der Waals surface area contributed by atoms with E-state index in [1.54, 1.807) is 0 Å². The molecule has 1 aromatic carbocycles. The minimum atomic E-state index is -1.21. The van der Waals surface area contributed by atoms with Crippen LogP contribution in [0, 0.1) is 27.2 Å². The van der Waals surface area contributed by atoms with E-state index >= 15 is 0 Å². The molecule has 1 N–H and O–H groups in total. The van der Waals surface area contributed by atoms with Crippen LogP contribution >= 0.6 is 0 Å². The van der Waals surface area contributed by atoms with E-state index in [-0.39, 0.29) is 11.1 Å². The average molecular weight is 258 g/mol. The monoisotopic (exact) mass is 258 g/mol. The lowest BCUT2D eigenvalue weighted by Gasteiger charge is -2.18. The molecule has 0 saturated heterocycles. The molecule has 0 saturated carbocycles. The van der Waals surface area contributed by atoms with Crippen LogP contribution in [-0.4, -0.2) is 11.5 Å². The number of anilines is 1. The molecule has 18 heavy (non-hydrogen) atoms. The lowest BCUT2D eigenvalue weighted by atomic mass is 9.92. The van der Waals surface area contributed by atoms with Crippen molar-refractivity contribution in [3.05, 3.63) is 33.9 Å². The second-order valence-corrected chi connectivity index (χ2v) is 5.25. The highest BCUT2D eigenvalue weighted by molar-refractivity contribution is 5.62. The Bertz CT molecular complexity index is 456. The van der Waals surface area contributed by atoms with Crippen molar-refractivity contribution in [2.45, 2.75) is 27.2 Å². The van der Waals surface area contributed by atoms with Crippen LogP contribution in [0.4, 0.5) is 20.2 Å². The maximum absolute atomic E-state index is 13.5. The molecule has 100 valence electrons. The molecule has 0 aliphatic heterocycles. The molecule has 0 spiro atoms. The van der Waals surface area contributed by atoms with Gasteiger partial charge in [-0.1, -0.05) is 20.8 Å². The lowest BCUT2D eigenvalue weighted by Crippen LogP contribution is -2.14. The summed E-state index contributed by atoms with van der Waals surface area (Å²) in [7, 11) is 0. The predicted molar refractivity (Wildman–Crippen MR) is 65.6 cm³/mol. The number of nitrogens with one attached hydrogen (secondary N) is 1. The van der Waals surface area contributed by atoms with E-state index in [1.807, 2.05) is 20.8 Å². The zero-order chi connectivity index (χ0) is 13.9. The van der Waals surface area contributed by atoms with Crippen molar-refractivity contribution in [1.82, 2.24) is 0 Å². The van der Waals surface area contributed by atoms with Crippen molar-refractivity contribution in [2.24, 2.45) is 5.41 Å². The molecular weight excluding hydrogens is 242 g/mol. The second kappa shape index (κ2) is 5.29. The SMILES string of the molecule is CC(C)(C)CCNc1c([N+](=O)[O-])ccc(F)c1F. The first-order chi connectivity index (χ1) is 8.22. The first-order valence-electron chi connectivity index (χ1n) is 5.58. The molecule has 0 aliphatic carbocycles. The van der Waals surface area contributed by atoms with E-state index in [1.165, 1.54) is 0 Å². The van der Waals surface area contributed by atoms with E-state index in [2.05, 4.69) is 5.32 Å². The van der Waals surface area contributed by atoms with Crippen LogP contribution in [0.1, 0.15) is 27.2 Å². The van der Waals surface area contributed by atoms with Gasteiger partial charge >= 0.3 is 0 Å². The molecule has 0 bridgehead atoms. The number of rotatable bonds is 4. The first-order valence-corrected chi connectivity index (χ1v) is 5.58. The van der Waals surface area contributed by atoms with Crippen LogP contribution in [0.25, 0.3) is 0 Å². The van der Waals surface area contributed by atoms with Crippen LogP contribution < -0.4 is 5.32 Å². The molecule has 6 heteroatoms. The molecule has 0 heterocycles. The number of nitro benzene ring substituents is 1. The van der Waals surface area contributed by atoms with Gasteiger partial charge in [0.15, 0.2) is 17.3 Å². The minimum absolute atomic E-state index is 0.00554. The molecular formula is C12H16F2N2O2. The van der Waals surface area contributed by atoms with Crippen molar-refractivity contribution in [2.75, 3.05) is 11.9 Å². The Kier molecular flexibility index (Phi) is 4.21. The third-order valence-corrected chi connectivity index (χ3v) is 2.45. The number of benzene rings is 1. The minimum Gasteiger partial charge on any atom is -0.377 e. The Labute approximate surface area is 104 Å². The highest BCUT2D eigenvalue weighted by atomic mass is 19.2. The summed E-state index contributed by atoms with van der Waals surface area (Å²) in [6, 6.07) is 1.71. The summed E-state index contributed by atoms with van der Waals surface area (Å²) in [6.07, 6.45) is 0.681. The Morgan fingerprint density at radius 2 is 1.94 bits per heavy atom. The van der Waals surface area contributed by atoms with Gasteiger partial charge in [-0.15, -0.1) is 0 Å². The standard InChI is InChI=1S/C12H16F2N2O2/c1-12(2,3)6-7-15-11-9(16(17)18)5-4-8(13)10(11)14/h4-5,15H,6-7H2,1-3H3. The molecule has 0 amide bonds. The second-order valence-electron chi connectivity index (χ2n) is 5.25. The van der Waals surface area contributed by atoms with Gasteiger partial charge in [-0.2, -0.15) is 0 Å². The predicted octanol–water partition coefficient (Wildman–Crippen LogP) is 3.72. The van der Waals surface area contributed by atoms with E-state index < -0.39 is 22.2 Å². The number of nitrogens with zero attached hydrogens (tertiary/aromatic N) is 1. The van der Waals surface area contributed by atoms with Gasteiger partial charge in [0.2, 0.25) is 0 Å². The number of hydrogen-bond acceptors (Lipinski definition) is 3. The summed E-state index contributed by atoms with van der Waals surface area (Å²) in [5.74, 6) is -2.31. The first kappa shape index (κ1) is 14.3. The maximum atomic E-state index is 13.5. The zero-order valence-corrected chi connectivity index (χ0v) is 10.6. The maximum Gasteiger partial charge on any atom is 0.295 e. The van der Waals surface area contributed by atoms with Crippen LogP contribution in [-0.2, 0) is 0 Å². The van der Waals surface area contributed by atoms with Crippen molar-refractivity contribution in [3.63, 3.8) is 0 Å². The highest BCUT2D eigenvalue weighted by Crippen LogP contribution is 2.29. The lowest BCUT2D eigenvalue weighted by molar-refractivity contribution is -0.384. The van der Waals surface area contributed by atoms with E-state index in [0.717, 1.165) is 12.1 Å². The normalized spacial score (nSPS) is 11.4. The van der Waals surface area contributed by atoms with Crippen molar-refractivity contribution in [1.29, 1.82) is 0 Å². The van der Waals surface area contributed by atoms with Crippen LogP contribution in [0.15, 0.2) is 12.1 Å². The van der Waals surface area contributed by atoms with Gasteiger partial charge in [0.25, 0.3) is 5.69 Å². The Morgan fingerprint density at radius 1 is 1.33 bits per heavy atom. The number of halogens is 2. The van der Waals surface area contributed by atoms with E-state index in [0.29, 0.717) is 13.0 Å². The van der Waals surface area contributed by atoms with E-state index in [4.69, 9.17) is 0 Å². The quantitative estimate of drug-likeness (QED) is 0.661. The largest absolute Gasteiger partial charge is 0.377 e. The van der Waals surface area contributed by atoms with E-state index in [9.17, 15) is 18.9 Å². The summed E-state index contributed by atoms with van der Waals surface area (Å²) in [5, 5.41) is 13.3. The smallest absolute Gasteiger partial charge is 0.295 e. The Morgan fingerprint density at radius 3 is 2.44 bits per heavy atom. The van der Waals surface area contributed by atoms with Gasteiger partial charge in [0.05, 0.1) is 4.92 Å². The van der Waals surface area contributed by atoms with Crippen LogP contribution in [0.2, 0.25) is 0 Å². The van der Waals surface area contributed by atoms with Crippen molar-refractivity contribution in [3.8, 4) is 0 Å². The summed E-state index contributed by atoms with van der Waals surface area (Å²) >= 11 is 0. The van der Waals surface area contributed by atoms with Crippen molar-refractivity contribution < 1.29 is 13.7 Å². The van der Waals surface area contributed by atoms with Crippen LogP contribution in [0.5, 0.6) is 0 Å². The summed E-state index contributed by atoms with van der Waals surface area (Å²) < 4.78 is 26.5. The van der Waals surface area contributed by atoms with Crippen LogP contribution in [0.3, 0.4) is 0 Å². The van der Waals surface area contributed by atoms with Gasteiger partial charge in [-0.05, 0) is 17.9 Å². The van der Waals surface area contributed by atoms with Gasteiger partial charge < -0.3 is 5.32 Å². The molecule has 0 unspecified atom stereocenters. The molecule has 0 aliphatic rings. The zero-order valence-electron chi connectivity index (χ0n) is 10.6. The fourth-order valence-electron chi connectivity index (χ4n) is 1.42. The van der Waals surface area contributed by atoms with Gasteiger partial charge in [0, 0.05) is 12.6 Å². The molecule has 0 radical (unpaired) electrons. The summed E-state index contributed by atoms with van der Waals surface area (Å²) in [5.41, 5.74) is -0.835. The summed E-state index contributed by atoms with van der Waals surface area (Å²) in [6.45, 7) is 6.31. The molecule has 0 aromatic heterocycles. The Balaban J connectivity index is 2.92. The molecule has 1 aromatic rings. The highest BCUT2D eigenvalue weighted by Gasteiger charge is 2.21. The summed E-state index contributed by atoms with van der Waals surface area (Å²) in [4.78, 5) is 9.99. The average Bonchev–Trinajstić information content (AvgIpc) is 2.22. The van der Waals surface area contributed by atoms with Gasteiger partial charge in [0.1, 0.15) is 0 Å². The molecule has 0 atom stereocenters. The molecule has 0 fully saturated rings. The fourth-order valence-corrected chi connectivity index (χ4v) is 1.42. The third kappa shape index (κ3) is 3.65. The number of hydrogen-bond donors (Lipinski definition) is 1. The topological polar surface area (TPSA) is 55.2 Å². The number of nitro groups is 1. The van der Waals surface area contributed by atoms with Crippen molar-refractivity contribution >= 4 is 11.4 Å². The molecule has 1 rings (SSSR count). The van der Waals surface area contributed by atoms with Gasteiger partial charge in [-0.3, -0.25) is 10.1 Å². The fraction of sp³-hybridized carbons (Fsp3) is 0.500. The third-order valence-electron chi connectivity index (χ3n) is 2.45. The van der Waals surface area contributed by atoms with Gasteiger partial charge in [-0.25, -0.2) is 8.78 Å². The Hall–Kier alpha value is -1.72.